The first-order chi connectivity index (χ1) is 10.7. The standard InChI is InChI=1S/C17H20N4O/c1-13-10-14(2)21-12-15(19-17(21)18-13)11-20(8-9-22)16-6-4-3-5-7-16/h3-7,10,12,22H,8-9,11H2,1-2H3. The van der Waals surface area contributed by atoms with Crippen molar-refractivity contribution in [3.8, 4) is 0 Å². The molecule has 1 aromatic carbocycles. The van der Waals surface area contributed by atoms with Crippen molar-refractivity contribution in [1.82, 2.24) is 14.4 Å². The molecule has 2 aromatic heterocycles. The second-order valence-corrected chi connectivity index (χ2v) is 5.42. The average Bonchev–Trinajstić information content (AvgIpc) is 2.90. The number of aliphatic hydroxyl groups is 1. The second-order valence-electron chi connectivity index (χ2n) is 5.42. The third kappa shape index (κ3) is 2.94. The maximum Gasteiger partial charge on any atom is 0.234 e. The van der Waals surface area contributed by atoms with Crippen molar-refractivity contribution in [3.63, 3.8) is 0 Å². The van der Waals surface area contributed by atoms with Gasteiger partial charge >= 0.3 is 0 Å². The normalized spacial score (nSPS) is 11.0. The molecule has 22 heavy (non-hydrogen) atoms. The van der Waals surface area contributed by atoms with Crippen LogP contribution in [0.2, 0.25) is 0 Å². The minimum Gasteiger partial charge on any atom is -0.395 e. The molecule has 5 nitrogen and oxygen atoms in total. The fourth-order valence-electron chi connectivity index (χ4n) is 2.65. The first-order valence-electron chi connectivity index (χ1n) is 7.40. The Morgan fingerprint density at radius 3 is 2.64 bits per heavy atom. The molecule has 0 unspecified atom stereocenters. The Hall–Kier alpha value is -2.40. The molecule has 2 heterocycles. The number of benzene rings is 1. The molecule has 114 valence electrons. The second kappa shape index (κ2) is 6.15. The van der Waals surface area contributed by atoms with Crippen LogP contribution in [0.15, 0.2) is 42.6 Å². The van der Waals surface area contributed by atoms with Crippen molar-refractivity contribution in [2.75, 3.05) is 18.1 Å². The van der Waals surface area contributed by atoms with Gasteiger partial charge in [0.05, 0.1) is 18.8 Å². The summed E-state index contributed by atoms with van der Waals surface area (Å²) >= 11 is 0. The molecule has 0 amide bonds. The summed E-state index contributed by atoms with van der Waals surface area (Å²) in [7, 11) is 0. The summed E-state index contributed by atoms with van der Waals surface area (Å²) in [4.78, 5) is 11.2. The summed E-state index contributed by atoms with van der Waals surface area (Å²) < 4.78 is 2.00. The van der Waals surface area contributed by atoms with E-state index in [1.54, 1.807) is 0 Å². The van der Waals surface area contributed by atoms with Crippen LogP contribution in [0.1, 0.15) is 17.1 Å². The molecule has 0 aliphatic heterocycles. The van der Waals surface area contributed by atoms with Crippen LogP contribution in [0, 0.1) is 13.8 Å². The van der Waals surface area contributed by atoms with Gasteiger partial charge in [-0.25, -0.2) is 9.97 Å². The number of anilines is 1. The quantitative estimate of drug-likeness (QED) is 0.785. The molecular formula is C17H20N4O. The van der Waals surface area contributed by atoms with Crippen LogP contribution in [-0.2, 0) is 6.54 Å². The van der Waals surface area contributed by atoms with E-state index >= 15 is 0 Å². The highest BCUT2D eigenvalue weighted by Crippen LogP contribution is 2.17. The molecule has 1 N–H and O–H groups in total. The monoisotopic (exact) mass is 296 g/mol. The SMILES string of the molecule is Cc1cc(C)n2cc(CN(CCO)c3ccccc3)nc2n1. The lowest BCUT2D eigenvalue weighted by atomic mass is 10.2. The number of hydrogen-bond acceptors (Lipinski definition) is 4. The van der Waals surface area contributed by atoms with Crippen molar-refractivity contribution in [2.45, 2.75) is 20.4 Å². The van der Waals surface area contributed by atoms with Gasteiger partial charge in [-0.1, -0.05) is 18.2 Å². The number of para-hydroxylation sites is 1. The molecule has 0 aliphatic carbocycles. The number of hydrogen-bond donors (Lipinski definition) is 1. The fourth-order valence-corrected chi connectivity index (χ4v) is 2.65. The summed E-state index contributed by atoms with van der Waals surface area (Å²) in [6.45, 7) is 5.35. The van der Waals surface area contributed by atoms with Gasteiger partial charge in [0.15, 0.2) is 0 Å². The Labute approximate surface area is 129 Å². The van der Waals surface area contributed by atoms with E-state index in [-0.39, 0.29) is 6.61 Å². The van der Waals surface area contributed by atoms with E-state index in [9.17, 15) is 5.11 Å². The highest BCUT2D eigenvalue weighted by molar-refractivity contribution is 5.46. The lowest BCUT2D eigenvalue weighted by molar-refractivity contribution is 0.301. The van der Waals surface area contributed by atoms with Gasteiger partial charge in [-0.15, -0.1) is 0 Å². The van der Waals surface area contributed by atoms with E-state index in [1.165, 1.54) is 0 Å². The molecule has 0 spiro atoms. The molecule has 0 radical (unpaired) electrons. The van der Waals surface area contributed by atoms with Crippen LogP contribution in [0.4, 0.5) is 5.69 Å². The van der Waals surface area contributed by atoms with Crippen molar-refractivity contribution < 1.29 is 5.11 Å². The lowest BCUT2D eigenvalue weighted by Gasteiger charge is -2.22. The Bertz CT molecular complexity index is 767. The zero-order valence-corrected chi connectivity index (χ0v) is 12.9. The van der Waals surface area contributed by atoms with Gasteiger partial charge in [-0.3, -0.25) is 4.40 Å². The molecule has 0 atom stereocenters. The average molecular weight is 296 g/mol. The summed E-state index contributed by atoms with van der Waals surface area (Å²) in [5, 5.41) is 9.32. The molecular weight excluding hydrogens is 276 g/mol. The van der Waals surface area contributed by atoms with Crippen molar-refractivity contribution in [1.29, 1.82) is 0 Å². The van der Waals surface area contributed by atoms with E-state index in [0.29, 0.717) is 13.1 Å². The number of nitrogens with zero attached hydrogens (tertiary/aromatic N) is 4. The first kappa shape index (κ1) is 14.5. The van der Waals surface area contributed by atoms with Crippen LogP contribution in [-0.4, -0.2) is 32.6 Å². The number of fused-ring (bicyclic) bond motifs is 1. The molecule has 3 rings (SSSR count). The largest absolute Gasteiger partial charge is 0.395 e. The number of rotatable bonds is 5. The maximum absolute atomic E-state index is 9.32. The predicted octanol–water partition coefficient (Wildman–Crippen LogP) is 2.35. The lowest BCUT2D eigenvalue weighted by Crippen LogP contribution is -2.26. The van der Waals surface area contributed by atoms with Gasteiger partial charge in [0, 0.05) is 29.8 Å². The minimum atomic E-state index is 0.110. The topological polar surface area (TPSA) is 53.7 Å². The fraction of sp³-hybridized carbons (Fsp3) is 0.294. The van der Waals surface area contributed by atoms with E-state index in [2.05, 4.69) is 21.8 Å². The number of imidazole rings is 1. The summed E-state index contributed by atoms with van der Waals surface area (Å²) in [5.41, 5.74) is 4.11. The van der Waals surface area contributed by atoms with Gasteiger partial charge in [-0.05, 0) is 32.0 Å². The zero-order chi connectivity index (χ0) is 15.5. The smallest absolute Gasteiger partial charge is 0.234 e. The van der Waals surface area contributed by atoms with Crippen LogP contribution < -0.4 is 4.90 Å². The van der Waals surface area contributed by atoms with E-state index in [1.807, 2.05) is 53.9 Å². The molecule has 0 saturated carbocycles. The number of aliphatic hydroxyl groups excluding tert-OH is 1. The molecule has 0 aliphatic rings. The van der Waals surface area contributed by atoms with Crippen LogP contribution in [0.3, 0.4) is 0 Å². The Balaban J connectivity index is 1.91. The Morgan fingerprint density at radius 1 is 1.14 bits per heavy atom. The minimum absolute atomic E-state index is 0.110. The number of aromatic nitrogens is 3. The molecule has 5 heteroatoms. The van der Waals surface area contributed by atoms with Crippen LogP contribution in [0.5, 0.6) is 0 Å². The Kier molecular flexibility index (Phi) is 4.06. The Morgan fingerprint density at radius 2 is 1.91 bits per heavy atom. The zero-order valence-electron chi connectivity index (χ0n) is 12.9. The van der Waals surface area contributed by atoms with Gasteiger partial charge in [-0.2, -0.15) is 0 Å². The molecule has 0 saturated heterocycles. The van der Waals surface area contributed by atoms with E-state index < -0.39 is 0 Å². The summed E-state index contributed by atoms with van der Waals surface area (Å²) in [6.07, 6.45) is 2.02. The van der Waals surface area contributed by atoms with Gasteiger partial charge in [0.2, 0.25) is 5.78 Å². The molecule has 0 fully saturated rings. The van der Waals surface area contributed by atoms with Crippen LogP contribution >= 0.6 is 0 Å². The third-order valence-electron chi connectivity index (χ3n) is 3.66. The van der Waals surface area contributed by atoms with E-state index in [0.717, 1.165) is 28.5 Å². The summed E-state index contributed by atoms with van der Waals surface area (Å²) in [6, 6.07) is 12.1. The number of aryl methyl sites for hydroxylation is 2. The highest BCUT2D eigenvalue weighted by Gasteiger charge is 2.11. The predicted molar refractivity (Wildman–Crippen MR) is 87.0 cm³/mol. The van der Waals surface area contributed by atoms with Gasteiger partial charge in [0.25, 0.3) is 0 Å². The first-order valence-corrected chi connectivity index (χ1v) is 7.40. The maximum atomic E-state index is 9.32. The van der Waals surface area contributed by atoms with Crippen LogP contribution in [0.25, 0.3) is 5.78 Å². The van der Waals surface area contributed by atoms with Crippen molar-refractivity contribution >= 4 is 11.5 Å². The van der Waals surface area contributed by atoms with Gasteiger partial charge < -0.3 is 10.0 Å². The molecule has 3 aromatic rings. The van der Waals surface area contributed by atoms with Crippen molar-refractivity contribution in [3.05, 3.63) is 59.7 Å². The summed E-state index contributed by atoms with van der Waals surface area (Å²) in [5.74, 6) is 0.726. The third-order valence-corrected chi connectivity index (χ3v) is 3.66. The highest BCUT2D eigenvalue weighted by atomic mass is 16.3. The van der Waals surface area contributed by atoms with Gasteiger partial charge in [0.1, 0.15) is 0 Å². The van der Waals surface area contributed by atoms with E-state index in [4.69, 9.17) is 0 Å². The van der Waals surface area contributed by atoms with Crippen molar-refractivity contribution in [2.24, 2.45) is 0 Å². The molecule has 0 bridgehead atoms.